The Hall–Kier alpha value is -1.10. The highest BCUT2D eigenvalue weighted by Gasteiger charge is 2.44. The molecule has 1 heterocycles. The molecule has 0 spiro atoms. The van der Waals surface area contributed by atoms with E-state index in [9.17, 15) is 13.2 Å². The number of alkyl halides is 3. The van der Waals surface area contributed by atoms with E-state index in [-0.39, 0.29) is 24.0 Å². The van der Waals surface area contributed by atoms with Gasteiger partial charge in [-0.15, -0.1) is 0 Å². The molecule has 0 saturated heterocycles. The van der Waals surface area contributed by atoms with E-state index in [1.807, 2.05) is 0 Å². The Kier molecular flexibility index (Phi) is 2.66. The van der Waals surface area contributed by atoms with Crippen LogP contribution in [-0.2, 0) is 12.6 Å². The molecule has 0 radical (unpaired) electrons. The molecule has 0 amide bonds. The summed E-state index contributed by atoms with van der Waals surface area (Å²) in [4.78, 5) is 3.51. The van der Waals surface area contributed by atoms with Crippen LogP contribution in [0.15, 0.2) is 18.5 Å². The van der Waals surface area contributed by atoms with Gasteiger partial charge in [0.25, 0.3) is 0 Å². The molecule has 1 saturated carbocycles. The van der Waals surface area contributed by atoms with Gasteiger partial charge in [0.2, 0.25) is 0 Å². The highest BCUT2D eigenvalue weighted by atomic mass is 19.4. The van der Waals surface area contributed by atoms with Gasteiger partial charge in [-0.25, -0.2) is 0 Å². The smallest absolute Gasteiger partial charge is 0.396 e. The first-order chi connectivity index (χ1) is 7.47. The molecule has 5 heteroatoms. The standard InChI is InChI=1S/C11H12F3NO/c12-11(13,14)9-6-15-4-1-8(9)5-10(7-16)2-3-10/h1,4,6,16H,2-3,5,7H2. The van der Waals surface area contributed by atoms with Crippen LogP contribution in [-0.4, -0.2) is 16.7 Å². The van der Waals surface area contributed by atoms with Crippen LogP contribution < -0.4 is 0 Å². The summed E-state index contributed by atoms with van der Waals surface area (Å²) in [6.07, 6.45) is -0.289. The van der Waals surface area contributed by atoms with Crippen molar-refractivity contribution in [2.45, 2.75) is 25.4 Å². The molecule has 1 fully saturated rings. The molecule has 1 aliphatic carbocycles. The number of pyridine rings is 1. The number of hydrogen-bond donors (Lipinski definition) is 1. The van der Waals surface area contributed by atoms with Gasteiger partial charge in [0.05, 0.1) is 5.56 Å². The number of hydrogen-bond acceptors (Lipinski definition) is 2. The summed E-state index contributed by atoms with van der Waals surface area (Å²) in [6.45, 7) is -0.0490. The van der Waals surface area contributed by atoms with Crippen LogP contribution in [0, 0.1) is 5.41 Å². The largest absolute Gasteiger partial charge is 0.418 e. The quantitative estimate of drug-likeness (QED) is 0.866. The molecule has 0 aromatic carbocycles. The third-order valence-corrected chi connectivity index (χ3v) is 3.07. The average Bonchev–Trinajstić information content (AvgIpc) is 2.98. The van der Waals surface area contributed by atoms with Gasteiger partial charge in [-0.2, -0.15) is 13.2 Å². The minimum atomic E-state index is -4.37. The van der Waals surface area contributed by atoms with Gasteiger partial charge in [0.1, 0.15) is 0 Å². The summed E-state index contributed by atoms with van der Waals surface area (Å²) in [5.41, 5.74) is -0.773. The van der Waals surface area contributed by atoms with Crippen molar-refractivity contribution in [3.8, 4) is 0 Å². The molecular formula is C11H12F3NO. The summed E-state index contributed by atoms with van der Waals surface area (Å²) in [7, 11) is 0. The number of rotatable bonds is 3. The molecule has 1 aromatic heterocycles. The van der Waals surface area contributed by atoms with Crippen LogP contribution in [0.4, 0.5) is 13.2 Å². The summed E-state index contributed by atoms with van der Waals surface area (Å²) >= 11 is 0. The summed E-state index contributed by atoms with van der Waals surface area (Å²) < 4.78 is 37.9. The van der Waals surface area contributed by atoms with E-state index in [1.54, 1.807) is 0 Å². The highest BCUT2D eigenvalue weighted by Crippen LogP contribution is 2.49. The maximum Gasteiger partial charge on any atom is 0.418 e. The Morgan fingerprint density at radius 2 is 2.06 bits per heavy atom. The monoisotopic (exact) mass is 231 g/mol. The van der Waals surface area contributed by atoms with Crippen LogP contribution in [0.2, 0.25) is 0 Å². The van der Waals surface area contributed by atoms with Crippen molar-refractivity contribution in [1.82, 2.24) is 4.98 Å². The van der Waals surface area contributed by atoms with E-state index in [4.69, 9.17) is 5.11 Å². The molecular weight excluding hydrogens is 219 g/mol. The fourth-order valence-electron chi connectivity index (χ4n) is 1.80. The lowest BCUT2D eigenvalue weighted by atomic mass is 9.95. The Labute approximate surface area is 91.1 Å². The average molecular weight is 231 g/mol. The zero-order valence-electron chi connectivity index (χ0n) is 8.59. The molecule has 0 bridgehead atoms. The van der Waals surface area contributed by atoms with E-state index in [0.717, 1.165) is 19.0 Å². The van der Waals surface area contributed by atoms with Crippen molar-refractivity contribution in [3.63, 3.8) is 0 Å². The van der Waals surface area contributed by atoms with Crippen LogP contribution >= 0.6 is 0 Å². The molecule has 0 unspecified atom stereocenters. The number of aliphatic hydroxyl groups is 1. The molecule has 88 valence electrons. The molecule has 1 aliphatic rings. The first kappa shape index (κ1) is 11.4. The summed E-state index contributed by atoms with van der Waals surface area (Å²) in [5.74, 6) is 0. The SMILES string of the molecule is OCC1(Cc2ccncc2C(F)(F)F)CC1. The molecule has 16 heavy (non-hydrogen) atoms. The van der Waals surface area contributed by atoms with Crippen LogP contribution in [0.25, 0.3) is 0 Å². The predicted molar refractivity (Wildman–Crippen MR) is 51.7 cm³/mol. The minimum Gasteiger partial charge on any atom is -0.396 e. The Bertz CT molecular complexity index is 385. The first-order valence-electron chi connectivity index (χ1n) is 5.08. The van der Waals surface area contributed by atoms with Crippen molar-refractivity contribution in [1.29, 1.82) is 0 Å². The third kappa shape index (κ3) is 2.19. The summed E-state index contributed by atoms with van der Waals surface area (Å²) in [5, 5.41) is 9.11. The molecule has 2 nitrogen and oxygen atoms in total. The second kappa shape index (κ2) is 3.73. The lowest BCUT2D eigenvalue weighted by Crippen LogP contribution is -2.16. The van der Waals surface area contributed by atoms with Crippen molar-refractivity contribution in [2.75, 3.05) is 6.61 Å². The van der Waals surface area contributed by atoms with Gasteiger partial charge >= 0.3 is 6.18 Å². The lowest BCUT2D eigenvalue weighted by Gasteiger charge is -2.16. The molecule has 1 N–H and O–H groups in total. The summed E-state index contributed by atoms with van der Waals surface area (Å²) in [6, 6.07) is 1.39. The number of nitrogens with zero attached hydrogens (tertiary/aromatic N) is 1. The van der Waals surface area contributed by atoms with Crippen molar-refractivity contribution < 1.29 is 18.3 Å². The van der Waals surface area contributed by atoms with E-state index in [2.05, 4.69) is 4.98 Å². The van der Waals surface area contributed by atoms with E-state index >= 15 is 0 Å². The van der Waals surface area contributed by atoms with Crippen LogP contribution in [0.1, 0.15) is 24.0 Å². The van der Waals surface area contributed by atoms with E-state index in [0.29, 0.717) is 0 Å². The predicted octanol–water partition coefficient (Wildman–Crippen LogP) is 2.42. The zero-order valence-corrected chi connectivity index (χ0v) is 8.59. The molecule has 2 rings (SSSR count). The van der Waals surface area contributed by atoms with Gasteiger partial charge < -0.3 is 5.11 Å². The zero-order chi connectivity index (χ0) is 11.8. The first-order valence-corrected chi connectivity index (χ1v) is 5.08. The van der Waals surface area contributed by atoms with Gasteiger partial charge in [-0.3, -0.25) is 4.98 Å². The van der Waals surface area contributed by atoms with Crippen molar-refractivity contribution >= 4 is 0 Å². The van der Waals surface area contributed by atoms with Gasteiger partial charge in [0.15, 0.2) is 0 Å². The highest BCUT2D eigenvalue weighted by molar-refractivity contribution is 5.28. The maximum absolute atomic E-state index is 12.6. The molecule has 0 aliphatic heterocycles. The van der Waals surface area contributed by atoms with Gasteiger partial charge in [0, 0.05) is 19.0 Å². The minimum absolute atomic E-state index is 0.0490. The molecule has 1 aromatic rings. The van der Waals surface area contributed by atoms with Crippen molar-refractivity contribution in [2.24, 2.45) is 5.41 Å². The Morgan fingerprint density at radius 3 is 2.56 bits per heavy atom. The molecule has 0 atom stereocenters. The van der Waals surface area contributed by atoms with Crippen LogP contribution in [0.5, 0.6) is 0 Å². The van der Waals surface area contributed by atoms with Gasteiger partial charge in [-0.05, 0) is 36.3 Å². The number of halogens is 3. The third-order valence-electron chi connectivity index (χ3n) is 3.07. The van der Waals surface area contributed by atoms with E-state index < -0.39 is 11.7 Å². The normalized spacial score (nSPS) is 18.5. The van der Waals surface area contributed by atoms with E-state index in [1.165, 1.54) is 12.3 Å². The number of aliphatic hydroxyl groups excluding tert-OH is 1. The Balaban J connectivity index is 2.27. The second-order valence-electron chi connectivity index (χ2n) is 4.37. The Morgan fingerprint density at radius 1 is 1.38 bits per heavy atom. The van der Waals surface area contributed by atoms with Gasteiger partial charge in [-0.1, -0.05) is 0 Å². The fraction of sp³-hybridized carbons (Fsp3) is 0.545. The lowest BCUT2D eigenvalue weighted by molar-refractivity contribution is -0.138. The van der Waals surface area contributed by atoms with Crippen LogP contribution in [0.3, 0.4) is 0 Å². The van der Waals surface area contributed by atoms with Crippen molar-refractivity contribution in [3.05, 3.63) is 29.6 Å². The fourth-order valence-corrected chi connectivity index (χ4v) is 1.80. The maximum atomic E-state index is 12.6. The number of aromatic nitrogens is 1. The second-order valence-corrected chi connectivity index (χ2v) is 4.37. The topological polar surface area (TPSA) is 33.1 Å².